The van der Waals surface area contributed by atoms with Crippen molar-refractivity contribution >= 4 is 11.8 Å². The molecule has 19 atom stereocenters. The standard InChI is InChI=1S/C47H76O13/c1-25(40(49)26(2)20-29(5)43(50)51)19-27(3)41-32(8)35(48)23-46(59-41)18-17-44(10,60-46)38-15-13-34(24-54-39-16-14-36(53-12)33(9)55-39)47(57-38)31(7)22-37(56-47)42-28(4)21-30(6)45(11,52)58-42/h19-20,27-39,41-42,48,52H,13-18,21-24H2,1-12H3,(H,50,51)/b25-19+,26-20+/t27-,28-,29-,30+,31-,32+,33?,34-,35-,36-,37+,38+,39?,41+,42-,44-,45-,46+,47-/m0/s1. The number of carbonyl (C=O) groups excluding carboxylic acids is 1. The molecule has 13 heteroatoms. The number of aliphatic hydroxyl groups is 2. The number of Topliss-reactive ketones (excluding diaryl/α,β-unsaturated/α-hetero) is 1. The summed E-state index contributed by atoms with van der Waals surface area (Å²) in [6, 6.07) is 0. The van der Waals surface area contributed by atoms with Gasteiger partial charge in [0.2, 0.25) is 0 Å². The molecule has 3 N–H and O–H groups in total. The molecule has 0 aliphatic carbocycles. The molecule has 6 heterocycles. The highest BCUT2D eigenvalue weighted by atomic mass is 16.8. The Morgan fingerprint density at radius 2 is 1.58 bits per heavy atom. The average Bonchev–Trinajstić information content (AvgIpc) is 3.69. The zero-order chi connectivity index (χ0) is 44.1. The minimum atomic E-state index is -1.26. The summed E-state index contributed by atoms with van der Waals surface area (Å²) in [5.41, 5.74) is 0.109. The predicted octanol–water partition coefficient (Wildman–Crippen LogP) is 7.10. The van der Waals surface area contributed by atoms with Crippen molar-refractivity contribution < 1.29 is 62.8 Å². The molecule has 6 fully saturated rings. The second kappa shape index (κ2) is 18.4. The van der Waals surface area contributed by atoms with Gasteiger partial charge in [-0.05, 0) is 97.1 Å². The van der Waals surface area contributed by atoms with Crippen LogP contribution in [0.3, 0.4) is 0 Å². The largest absolute Gasteiger partial charge is 0.481 e. The Kier molecular flexibility index (Phi) is 14.6. The van der Waals surface area contributed by atoms with Crippen LogP contribution in [0.1, 0.15) is 134 Å². The zero-order valence-corrected chi connectivity index (χ0v) is 38.3. The molecular formula is C47H76O13. The van der Waals surface area contributed by atoms with Crippen molar-refractivity contribution in [3.05, 3.63) is 23.3 Å². The van der Waals surface area contributed by atoms with Crippen LogP contribution in [-0.4, -0.2) is 113 Å². The average molecular weight is 849 g/mol. The van der Waals surface area contributed by atoms with Gasteiger partial charge in [-0.2, -0.15) is 0 Å². The third-order valence-electron chi connectivity index (χ3n) is 15.3. The van der Waals surface area contributed by atoms with Crippen molar-refractivity contribution in [2.75, 3.05) is 13.7 Å². The normalized spacial score (nSPS) is 47.7. The highest BCUT2D eigenvalue weighted by molar-refractivity contribution is 6.07. The summed E-state index contributed by atoms with van der Waals surface area (Å²) < 4.78 is 53.4. The second-order valence-electron chi connectivity index (χ2n) is 20.2. The molecule has 6 aliphatic heterocycles. The Bertz CT molecular complexity index is 1600. The van der Waals surface area contributed by atoms with Crippen molar-refractivity contribution in [2.24, 2.45) is 41.4 Å². The molecule has 6 saturated heterocycles. The molecular weight excluding hydrogens is 773 g/mol. The summed E-state index contributed by atoms with van der Waals surface area (Å²) in [7, 11) is 1.72. The lowest BCUT2D eigenvalue weighted by molar-refractivity contribution is -0.377. The molecule has 6 aliphatic rings. The minimum absolute atomic E-state index is 0.00952. The predicted molar refractivity (Wildman–Crippen MR) is 222 cm³/mol. The smallest absolute Gasteiger partial charge is 0.310 e. The van der Waals surface area contributed by atoms with E-state index in [4.69, 9.17) is 37.9 Å². The number of aliphatic hydroxyl groups excluding tert-OH is 1. The quantitative estimate of drug-likeness (QED) is 0.170. The van der Waals surface area contributed by atoms with Gasteiger partial charge in [0.15, 0.2) is 29.4 Å². The molecule has 0 radical (unpaired) electrons. The van der Waals surface area contributed by atoms with E-state index in [1.54, 1.807) is 34.8 Å². The number of hydrogen-bond acceptors (Lipinski definition) is 12. The van der Waals surface area contributed by atoms with Crippen molar-refractivity contribution in [1.29, 1.82) is 0 Å². The number of allylic oxidation sites excluding steroid dienone is 2. The van der Waals surface area contributed by atoms with E-state index in [-0.39, 0.29) is 78.1 Å². The number of carboxylic acids is 1. The number of carbonyl (C=O) groups is 2. The Balaban J connectivity index is 1.20. The third-order valence-corrected chi connectivity index (χ3v) is 15.3. The first-order valence-corrected chi connectivity index (χ1v) is 22.8. The number of ketones is 1. The van der Waals surface area contributed by atoms with Gasteiger partial charge in [-0.15, -0.1) is 0 Å². The van der Waals surface area contributed by atoms with E-state index in [1.165, 1.54) is 6.08 Å². The zero-order valence-electron chi connectivity index (χ0n) is 38.3. The highest BCUT2D eigenvalue weighted by Crippen LogP contribution is 2.56. The first-order chi connectivity index (χ1) is 28.0. The van der Waals surface area contributed by atoms with Gasteiger partial charge in [-0.3, -0.25) is 9.59 Å². The van der Waals surface area contributed by atoms with E-state index in [0.717, 1.165) is 25.7 Å². The first-order valence-electron chi connectivity index (χ1n) is 22.8. The molecule has 0 saturated carbocycles. The van der Waals surface area contributed by atoms with Crippen LogP contribution in [0.4, 0.5) is 0 Å². The number of carboxylic acid groups (broad SMARTS) is 1. The fourth-order valence-corrected chi connectivity index (χ4v) is 11.3. The SMILES string of the molecule is CO[C@H]1CCC(OC[C@@H]2CC[C@H]([C@]3(C)CC[C@]4(C[C@H](O)[C@@H](C)[C@@H]([C@@H](C)/C=C(\C)C(=O)/C(C)=C/[C@H](C)C(=O)O)O4)O3)O[C@]23O[C@@H]([C@H]2O[C@](C)(O)[C@H](C)C[C@@H]2C)C[C@@H]3C)OC1C. The second-order valence-corrected chi connectivity index (χ2v) is 20.2. The molecule has 2 spiro atoms. The fraction of sp³-hybridized carbons (Fsp3) is 0.872. The Labute approximate surface area is 358 Å². The molecule has 60 heavy (non-hydrogen) atoms. The van der Waals surface area contributed by atoms with Gasteiger partial charge >= 0.3 is 5.97 Å². The van der Waals surface area contributed by atoms with Crippen molar-refractivity contribution in [3.63, 3.8) is 0 Å². The topological polar surface area (TPSA) is 169 Å². The van der Waals surface area contributed by atoms with Crippen LogP contribution in [0.2, 0.25) is 0 Å². The van der Waals surface area contributed by atoms with E-state index in [1.807, 2.05) is 33.8 Å². The van der Waals surface area contributed by atoms with Crippen molar-refractivity contribution in [2.45, 2.75) is 206 Å². The van der Waals surface area contributed by atoms with Crippen LogP contribution in [0.15, 0.2) is 23.3 Å². The van der Waals surface area contributed by atoms with Crippen molar-refractivity contribution in [3.8, 4) is 0 Å². The van der Waals surface area contributed by atoms with Crippen LogP contribution < -0.4 is 0 Å². The lowest BCUT2D eigenvalue weighted by Crippen LogP contribution is -2.60. The summed E-state index contributed by atoms with van der Waals surface area (Å²) >= 11 is 0. The molecule has 2 unspecified atom stereocenters. The van der Waals surface area contributed by atoms with Gasteiger partial charge in [0.05, 0.1) is 60.9 Å². The van der Waals surface area contributed by atoms with Gasteiger partial charge in [0, 0.05) is 56.0 Å². The molecule has 0 amide bonds. The van der Waals surface area contributed by atoms with E-state index in [2.05, 4.69) is 20.8 Å². The number of rotatable bonds is 12. The first kappa shape index (κ1) is 47.7. The van der Waals surface area contributed by atoms with Gasteiger partial charge in [-0.1, -0.05) is 46.8 Å². The maximum Gasteiger partial charge on any atom is 0.310 e. The molecule has 6 rings (SSSR count). The Morgan fingerprint density at radius 1 is 0.883 bits per heavy atom. The Hall–Kier alpha value is -1.78. The fourth-order valence-electron chi connectivity index (χ4n) is 11.3. The van der Waals surface area contributed by atoms with Gasteiger partial charge in [0.25, 0.3) is 0 Å². The van der Waals surface area contributed by atoms with Crippen LogP contribution >= 0.6 is 0 Å². The molecule has 0 aromatic rings. The van der Waals surface area contributed by atoms with Crippen molar-refractivity contribution in [1.82, 2.24) is 0 Å². The number of ether oxygens (including phenoxy) is 8. The lowest BCUT2D eigenvalue weighted by atomic mass is 9.77. The number of hydrogen-bond donors (Lipinski definition) is 3. The molecule has 0 aromatic carbocycles. The molecule has 342 valence electrons. The summed E-state index contributed by atoms with van der Waals surface area (Å²) in [5, 5.41) is 32.1. The number of aliphatic carboxylic acids is 1. The van der Waals surface area contributed by atoms with E-state index >= 15 is 0 Å². The van der Waals surface area contributed by atoms with E-state index < -0.39 is 47.1 Å². The summed E-state index contributed by atoms with van der Waals surface area (Å²) in [6.45, 7) is 21.5. The maximum absolute atomic E-state index is 13.2. The maximum atomic E-state index is 13.2. The molecule has 0 bridgehead atoms. The molecule has 13 nitrogen and oxygen atoms in total. The van der Waals surface area contributed by atoms with Gasteiger partial charge in [-0.25, -0.2) is 0 Å². The van der Waals surface area contributed by atoms with Crippen LogP contribution in [0.5, 0.6) is 0 Å². The van der Waals surface area contributed by atoms with E-state index in [0.29, 0.717) is 49.9 Å². The Morgan fingerprint density at radius 3 is 2.25 bits per heavy atom. The lowest BCUT2D eigenvalue weighted by Gasteiger charge is -2.52. The molecule has 0 aromatic heterocycles. The summed E-state index contributed by atoms with van der Waals surface area (Å²) in [5.74, 6) is -5.75. The van der Waals surface area contributed by atoms with E-state index in [9.17, 15) is 24.9 Å². The van der Waals surface area contributed by atoms with Gasteiger partial charge in [0.1, 0.15) is 0 Å². The minimum Gasteiger partial charge on any atom is -0.481 e. The summed E-state index contributed by atoms with van der Waals surface area (Å²) in [6.07, 6.45) is 6.94. The third kappa shape index (κ3) is 9.66. The summed E-state index contributed by atoms with van der Waals surface area (Å²) in [4.78, 5) is 24.6. The monoisotopic (exact) mass is 849 g/mol. The van der Waals surface area contributed by atoms with Crippen LogP contribution in [0, 0.1) is 41.4 Å². The highest BCUT2D eigenvalue weighted by Gasteiger charge is 2.64. The number of methoxy groups -OCH3 is 1. The van der Waals surface area contributed by atoms with Crippen LogP contribution in [0.25, 0.3) is 0 Å². The van der Waals surface area contributed by atoms with Gasteiger partial charge < -0.3 is 53.2 Å². The van der Waals surface area contributed by atoms with Crippen LogP contribution in [-0.2, 0) is 47.5 Å².